The predicted octanol–water partition coefficient (Wildman–Crippen LogP) is 3.91. The molecule has 0 radical (unpaired) electrons. The summed E-state index contributed by atoms with van der Waals surface area (Å²) in [6.07, 6.45) is 0. The number of nitrogens with one attached hydrogen (secondary N) is 2. The Morgan fingerprint density at radius 1 is 1.23 bits per heavy atom. The molecule has 0 aromatic heterocycles. The van der Waals surface area contributed by atoms with Gasteiger partial charge in [-0.25, -0.2) is 8.78 Å². The summed E-state index contributed by atoms with van der Waals surface area (Å²) in [5.74, 6) is -1.56. The third kappa shape index (κ3) is 4.51. The Labute approximate surface area is 132 Å². The molecule has 2 N–H and O–H groups in total. The zero-order valence-corrected chi connectivity index (χ0v) is 12.6. The van der Waals surface area contributed by atoms with Crippen LogP contribution in [0.3, 0.4) is 0 Å². The number of anilines is 1. The Morgan fingerprint density at radius 3 is 2.68 bits per heavy atom. The molecule has 2 rings (SSSR count). The first-order valence-corrected chi connectivity index (χ1v) is 7.07. The molecule has 0 unspecified atom stereocenters. The second-order valence-electron chi connectivity index (χ2n) is 4.83. The Kier molecular flexibility index (Phi) is 5.46. The maximum Gasteiger partial charge on any atom is 0.238 e. The third-order valence-electron chi connectivity index (χ3n) is 3.11. The van der Waals surface area contributed by atoms with E-state index in [1.807, 2.05) is 0 Å². The monoisotopic (exact) mass is 324 g/mol. The van der Waals surface area contributed by atoms with Crippen LogP contribution < -0.4 is 10.6 Å². The van der Waals surface area contributed by atoms with E-state index in [1.165, 1.54) is 12.1 Å². The molecule has 3 nitrogen and oxygen atoms in total. The number of carbonyl (C=O) groups is 1. The van der Waals surface area contributed by atoms with Gasteiger partial charge >= 0.3 is 0 Å². The van der Waals surface area contributed by atoms with Crippen LogP contribution >= 0.6 is 11.6 Å². The number of hydrogen-bond donors (Lipinski definition) is 2. The fraction of sp³-hybridized carbons (Fsp3) is 0.188. The van der Waals surface area contributed by atoms with E-state index in [-0.39, 0.29) is 12.5 Å². The van der Waals surface area contributed by atoms with E-state index in [0.717, 1.165) is 6.07 Å². The largest absolute Gasteiger partial charge is 0.325 e. The van der Waals surface area contributed by atoms with Gasteiger partial charge in [0.15, 0.2) is 0 Å². The average molecular weight is 325 g/mol. The Bertz CT molecular complexity index is 679. The highest BCUT2D eigenvalue weighted by Crippen LogP contribution is 2.18. The molecule has 22 heavy (non-hydrogen) atoms. The van der Waals surface area contributed by atoms with Gasteiger partial charge in [0.2, 0.25) is 5.91 Å². The van der Waals surface area contributed by atoms with E-state index in [0.29, 0.717) is 16.3 Å². The lowest BCUT2D eigenvalue weighted by Crippen LogP contribution is -2.30. The van der Waals surface area contributed by atoms with Gasteiger partial charge in [-0.3, -0.25) is 4.79 Å². The van der Waals surface area contributed by atoms with Gasteiger partial charge in [0.1, 0.15) is 11.6 Å². The highest BCUT2D eigenvalue weighted by Gasteiger charge is 2.12. The summed E-state index contributed by atoms with van der Waals surface area (Å²) in [6.45, 7) is 1.69. The van der Waals surface area contributed by atoms with Crippen LogP contribution in [0.4, 0.5) is 14.5 Å². The molecule has 0 spiro atoms. The van der Waals surface area contributed by atoms with Crippen LogP contribution in [0.25, 0.3) is 0 Å². The molecule has 0 heterocycles. The Hall–Kier alpha value is -1.98. The second-order valence-corrected chi connectivity index (χ2v) is 5.26. The predicted molar refractivity (Wildman–Crippen MR) is 82.9 cm³/mol. The SMILES string of the molecule is C[C@@H](NCC(=O)Nc1cccc(Cl)c1)c1ccc(F)cc1F. The van der Waals surface area contributed by atoms with Crippen molar-refractivity contribution >= 4 is 23.2 Å². The lowest BCUT2D eigenvalue weighted by atomic mass is 10.1. The fourth-order valence-corrected chi connectivity index (χ4v) is 2.17. The van der Waals surface area contributed by atoms with Gasteiger partial charge in [-0.05, 0) is 31.2 Å². The second kappa shape index (κ2) is 7.33. The summed E-state index contributed by atoms with van der Waals surface area (Å²) < 4.78 is 26.5. The van der Waals surface area contributed by atoms with Crippen molar-refractivity contribution in [2.45, 2.75) is 13.0 Å². The van der Waals surface area contributed by atoms with E-state index in [2.05, 4.69) is 10.6 Å². The van der Waals surface area contributed by atoms with Gasteiger partial charge in [0.25, 0.3) is 0 Å². The number of rotatable bonds is 5. The zero-order valence-electron chi connectivity index (χ0n) is 11.9. The molecule has 0 bridgehead atoms. The molecule has 2 aromatic rings. The molecule has 116 valence electrons. The highest BCUT2D eigenvalue weighted by molar-refractivity contribution is 6.30. The van der Waals surface area contributed by atoms with Gasteiger partial charge < -0.3 is 10.6 Å². The lowest BCUT2D eigenvalue weighted by Gasteiger charge is -2.15. The first-order chi connectivity index (χ1) is 10.5. The Balaban J connectivity index is 1.90. The van der Waals surface area contributed by atoms with Crippen LogP contribution in [0, 0.1) is 11.6 Å². The van der Waals surface area contributed by atoms with Gasteiger partial charge in [0, 0.05) is 28.4 Å². The molecule has 1 amide bonds. The van der Waals surface area contributed by atoms with Gasteiger partial charge in [0.05, 0.1) is 6.54 Å². The van der Waals surface area contributed by atoms with Crippen LogP contribution in [0.5, 0.6) is 0 Å². The molecule has 2 aromatic carbocycles. The van der Waals surface area contributed by atoms with Crippen LogP contribution in [-0.2, 0) is 4.79 Å². The van der Waals surface area contributed by atoms with Gasteiger partial charge in [-0.1, -0.05) is 23.7 Å². The summed E-state index contributed by atoms with van der Waals surface area (Å²) in [6, 6.07) is 9.71. The molecule has 1 atom stereocenters. The number of halogens is 3. The summed E-state index contributed by atoms with van der Waals surface area (Å²) in [7, 11) is 0. The van der Waals surface area contributed by atoms with E-state index in [9.17, 15) is 13.6 Å². The van der Waals surface area contributed by atoms with Crippen molar-refractivity contribution in [3.8, 4) is 0 Å². The summed E-state index contributed by atoms with van der Waals surface area (Å²) in [4.78, 5) is 11.8. The maximum absolute atomic E-state index is 13.6. The zero-order chi connectivity index (χ0) is 16.1. The molecular formula is C16H15ClF2N2O. The first-order valence-electron chi connectivity index (χ1n) is 6.69. The van der Waals surface area contributed by atoms with Crippen molar-refractivity contribution in [1.82, 2.24) is 5.32 Å². The molecule has 0 aliphatic rings. The molecule has 0 saturated carbocycles. The minimum absolute atomic E-state index is 0.00943. The summed E-state index contributed by atoms with van der Waals surface area (Å²) >= 11 is 5.83. The first kappa shape index (κ1) is 16.4. The third-order valence-corrected chi connectivity index (χ3v) is 3.34. The molecule has 0 saturated heterocycles. The smallest absolute Gasteiger partial charge is 0.238 e. The van der Waals surface area contributed by atoms with Gasteiger partial charge in [-0.15, -0.1) is 0 Å². The maximum atomic E-state index is 13.6. The molecule has 0 aliphatic carbocycles. The molecule has 0 aliphatic heterocycles. The number of benzene rings is 2. The summed E-state index contributed by atoms with van der Waals surface area (Å²) in [5, 5.41) is 6.08. The van der Waals surface area contributed by atoms with Crippen molar-refractivity contribution < 1.29 is 13.6 Å². The number of amides is 1. The van der Waals surface area contributed by atoms with E-state index in [4.69, 9.17) is 11.6 Å². The van der Waals surface area contributed by atoms with E-state index in [1.54, 1.807) is 31.2 Å². The average Bonchev–Trinajstić information content (AvgIpc) is 2.45. The fourth-order valence-electron chi connectivity index (χ4n) is 1.98. The molecule has 6 heteroatoms. The highest BCUT2D eigenvalue weighted by atomic mass is 35.5. The summed E-state index contributed by atoms with van der Waals surface area (Å²) in [5.41, 5.74) is 0.886. The Morgan fingerprint density at radius 2 is 2.00 bits per heavy atom. The molecular weight excluding hydrogens is 310 g/mol. The standard InChI is InChI=1S/C16H15ClF2N2O/c1-10(14-6-5-12(18)8-15(14)19)20-9-16(22)21-13-4-2-3-11(17)7-13/h2-8,10,20H,9H2,1H3,(H,21,22)/t10-/m1/s1. The van der Waals surface area contributed by atoms with E-state index < -0.39 is 17.7 Å². The number of carbonyl (C=O) groups excluding carboxylic acids is 1. The van der Waals surface area contributed by atoms with Crippen molar-refractivity contribution in [1.29, 1.82) is 0 Å². The van der Waals surface area contributed by atoms with Crippen LogP contribution in [0.1, 0.15) is 18.5 Å². The van der Waals surface area contributed by atoms with Crippen molar-refractivity contribution in [3.05, 3.63) is 64.7 Å². The van der Waals surface area contributed by atoms with Crippen LogP contribution in [0.15, 0.2) is 42.5 Å². The minimum atomic E-state index is -0.643. The van der Waals surface area contributed by atoms with Crippen molar-refractivity contribution in [2.75, 3.05) is 11.9 Å². The van der Waals surface area contributed by atoms with Crippen LogP contribution in [0.2, 0.25) is 5.02 Å². The topological polar surface area (TPSA) is 41.1 Å². The lowest BCUT2D eigenvalue weighted by molar-refractivity contribution is -0.115. The molecule has 0 fully saturated rings. The normalized spacial score (nSPS) is 12.0. The van der Waals surface area contributed by atoms with E-state index >= 15 is 0 Å². The van der Waals surface area contributed by atoms with Crippen molar-refractivity contribution in [2.24, 2.45) is 0 Å². The minimum Gasteiger partial charge on any atom is -0.325 e. The number of hydrogen-bond acceptors (Lipinski definition) is 2. The van der Waals surface area contributed by atoms with Crippen molar-refractivity contribution in [3.63, 3.8) is 0 Å². The van der Waals surface area contributed by atoms with Crippen LogP contribution in [-0.4, -0.2) is 12.5 Å². The van der Waals surface area contributed by atoms with Gasteiger partial charge in [-0.2, -0.15) is 0 Å². The quantitative estimate of drug-likeness (QED) is 0.875.